The van der Waals surface area contributed by atoms with Crippen molar-refractivity contribution < 1.29 is 0 Å². The molecule has 80 valence electrons. The lowest BCUT2D eigenvalue weighted by Crippen LogP contribution is -2.52. The number of hydrogen-bond donors (Lipinski definition) is 1. The predicted octanol–water partition coefficient (Wildman–Crippen LogP) is 0.869. The second kappa shape index (κ2) is 3.83. The van der Waals surface area contributed by atoms with E-state index in [0.717, 1.165) is 32.7 Å². The minimum atomic E-state index is 1.11. The maximum absolute atomic E-state index is 3.39. The van der Waals surface area contributed by atoms with Gasteiger partial charge in [0.05, 0.1) is 5.69 Å². The summed E-state index contributed by atoms with van der Waals surface area (Å²) >= 11 is 0. The van der Waals surface area contributed by atoms with E-state index < -0.39 is 0 Å². The molecular formula is C12H17N3. The Morgan fingerprint density at radius 3 is 2.67 bits per heavy atom. The summed E-state index contributed by atoms with van der Waals surface area (Å²) in [5.74, 6) is 0. The first-order valence-electron chi connectivity index (χ1n) is 5.76. The van der Waals surface area contributed by atoms with Crippen molar-refractivity contribution in [3.05, 3.63) is 29.8 Å². The Labute approximate surface area is 90.6 Å². The van der Waals surface area contributed by atoms with E-state index in [2.05, 4.69) is 39.6 Å². The van der Waals surface area contributed by atoms with Crippen molar-refractivity contribution in [3.8, 4) is 0 Å². The number of rotatable bonds is 1. The third-order valence-corrected chi connectivity index (χ3v) is 3.30. The van der Waals surface area contributed by atoms with Crippen molar-refractivity contribution in [1.29, 1.82) is 0 Å². The molecule has 2 aliphatic rings. The van der Waals surface area contributed by atoms with Gasteiger partial charge in [-0.15, -0.1) is 0 Å². The van der Waals surface area contributed by atoms with Gasteiger partial charge in [-0.3, -0.25) is 0 Å². The second-order valence-electron chi connectivity index (χ2n) is 4.21. The Kier molecular flexibility index (Phi) is 2.35. The van der Waals surface area contributed by atoms with Gasteiger partial charge in [0.15, 0.2) is 0 Å². The van der Waals surface area contributed by atoms with Crippen LogP contribution in [-0.4, -0.2) is 37.7 Å². The Bertz CT molecular complexity index is 344. The SMILES string of the molecule is c1ccc2c(c1)CCN2N1CCNCC1. The standard InChI is InChI=1S/C12H17N3/c1-2-4-12-11(3-1)5-8-15(12)14-9-6-13-7-10-14/h1-4,13H,5-10H2. The van der Waals surface area contributed by atoms with Gasteiger partial charge < -0.3 is 10.3 Å². The van der Waals surface area contributed by atoms with Crippen molar-refractivity contribution in [2.45, 2.75) is 6.42 Å². The number of anilines is 1. The molecule has 1 aromatic rings. The van der Waals surface area contributed by atoms with Gasteiger partial charge in [-0.05, 0) is 18.1 Å². The van der Waals surface area contributed by atoms with Crippen LogP contribution in [-0.2, 0) is 6.42 Å². The number of hydrogen-bond acceptors (Lipinski definition) is 3. The lowest BCUT2D eigenvalue weighted by molar-refractivity contribution is 0.224. The molecule has 15 heavy (non-hydrogen) atoms. The quantitative estimate of drug-likeness (QED) is 0.730. The third kappa shape index (κ3) is 1.62. The van der Waals surface area contributed by atoms with E-state index in [9.17, 15) is 0 Å². The summed E-state index contributed by atoms with van der Waals surface area (Å²) in [6, 6.07) is 8.77. The fourth-order valence-electron chi connectivity index (χ4n) is 2.51. The minimum Gasteiger partial charge on any atom is -0.314 e. The molecule has 0 amide bonds. The van der Waals surface area contributed by atoms with Gasteiger partial charge in [-0.1, -0.05) is 18.2 Å². The molecular weight excluding hydrogens is 186 g/mol. The highest BCUT2D eigenvalue weighted by Gasteiger charge is 2.24. The lowest BCUT2D eigenvalue weighted by atomic mass is 10.2. The van der Waals surface area contributed by atoms with Crippen LogP contribution in [0.4, 0.5) is 5.69 Å². The lowest BCUT2D eigenvalue weighted by Gasteiger charge is -2.36. The highest BCUT2D eigenvalue weighted by Crippen LogP contribution is 2.28. The minimum absolute atomic E-state index is 1.11. The molecule has 3 rings (SSSR count). The Morgan fingerprint density at radius 1 is 1.00 bits per heavy atom. The summed E-state index contributed by atoms with van der Waals surface area (Å²) in [5.41, 5.74) is 2.91. The first-order valence-corrected chi connectivity index (χ1v) is 5.76. The number of benzene rings is 1. The van der Waals surface area contributed by atoms with Crippen molar-refractivity contribution in [2.24, 2.45) is 0 Å². The molecule has 0 unspecified atom stereocenters. The fourth-order valence-corrected chi connectivity index (χ4v) is 2.51. The number of nitrogens with zero attached hydrogens (tertiary/aromatic N) is 2. The van der Waals surface area contributed by atoms with Crippen LogP contribution in [0.5, 0.6) is 0 Å². The Morgan fingerprint density at radius 2 is 1.80 bits per heavy atom. The molecule has 1 fully saturated rings. The smallest absolute Gasteiger partial charge is 0.0554 e. The van der Waals surface area contributed by atoms with Gasteiger partial charge in [0.2, 0.25) is 0 Å². The molecule has 0 bridgehead atoms. The zero-order chi connectivity index (χ0) is 10.1. The molecule has 0 atom stereocenters. The Hall–Kier alpha value is -1.06. The number of para-hydroxylation sites is 1. The van der Waals surface area contributed by atoms with Crippen LogP contribution in [0.1, 0.15) is 5.56 Å². The van der Waals surface area contributed by atoms with Crippen LogP contribution < -0.4 is 10.3 Å². The number of nitrogens with one attached hydrogen (secondary N) is 1. The summed E-state index contributed by atoms with van der Waals surface area (Å²) in [5, 5.41) is 8.32. The molecule has 1 saturated heterocycles. The normalized spacial score (nSPS) is 21.7. The molecule has 2 heterocycles. The van der Waals surface area contributed by atoms with Gasteiger partial charge in [0.1, 0.15) is 0 Å². The van der Waals surface area contributed by atoms with Crippen molar-refractivity contribution in [1.82, 2.24) is 10.3 Å². The summed E-state index contributed by atoms with van der Waals surface area (Å²) in [4.78, 5) is 0. The third-order valence-electron chi connectivity index (χ3n) is 3.30. The van der Waals surface area contributed by atoms with Crippen LogP contribution in [0.2, 0.25) is 0 Å². The van der Waals surface area contributed by atoms with Crippen LogP contribution in [0, 0.1) is 0 Å². The molecule has 0 spiro atoms. The summed E-state index contributed by atoms with van der Waals surface area (Å²) in [6.45, 7) is 5.64. The van der Waals surface area contributed by atoms with Crippen LogP contribution in [0.25, 0.3) is 0 Å². The molecule has 2 aliphatic heterocycles. The van der Waals surface area contributed by atoms with E-state index in [-0.39, 0.29) is 0 Å². The molecule has 0 aromatic heterocycles. The molecule has 3 nitrogen and oxygen atoms in total. The maximum atomic E-state index is 3.39. The molecule has 0 saturated carbocycles. The van der Waals surface area contributed by atoms with E-state index >= 15 is 0 Å². The molecule has 0 radical (unpaired) electrons. The average molecular weight is 203 g/mol. The van der Waals surface area contributed by atoms with Gasteiger partial charge in [0, 0.05) is 32.7 Å². The first-order chi connectivity index (χ1) is 7.45. The van der Waals surface area contributed by atoms with E-state index in [4.69, 9.17) is 0 Å². The second-order valence-corrected chi connectivity index (χ2v) is 4.21. The van der Waals surface area contributed by atoms with Crippen molar-refractivity contribution in [2.75, 3.05) is 37.7 Å². The van der Waals surface area contributed by atoms with Crippen molar-refractivity contribution >= 4 is 5.69 Å². The fraction of sp³-hybridized carbons (Fsp3) is 0.500. The topological polar surface area (TPSA) is 18.5 Å². The van der Waals surface area contributed by atoms with Gasteiger partial charge >= 0.3 is 0 Å². The molecule has 3 heteroatoms. The predicted molar refractivity (Wildman–Crippen MR) is 61.9 cm³/mol. The zero-order valence-electron chi connectivity index (χ0n) is 8.95. The summed E-state index contributed by atoms with van der Waals surface area (Å²) in [6.07, 6.45) is 1.19. The van der Waals surface area contributed by atoms with Gasteiger partial charge in [-0.25, -0.2) is 5.01 Å². The number of hydrazine groups is 1. The first kappa shape index (κ1) is 9.19. The van der Waals surface area contributed by atoms with Gasteiger partial charge in [0.25, 0.3) is 0 Å². The van der Waals surface area contributed by atoms with Crippen LogP contribution >= 0.6 is 0 Å². The monoisotopic (exact) mass is 203 g/mol. The molecule has 1 aromatic carbocycles. The van der Waals surface area contributed by atoms with Crippen LogP contribution in [0.3, 0.4) is 0 Å². The average Bonchev–Trinajstić information content (AvgIpc) is 2.74. The van der Waals surface area contributed by atoms with Crippen LogP contribution in [0.15, 0.2) is 24.3 Å². The van der Waals surface area contributed by atoms with E-state index in [1.54, 1.807) is 0 Å². The van der Waals surface area contributed by atoms with Gasteiger partial charge in [-0.2, -0.15) is 0 Å². The Balaban J connectivity index is 1.83. The highest BCUT2D eigenvalue weighted by atomic mass is 15.6. The molecule has 0 aliphatic carbocycles. The summed E-state index contributed by atoms with van der Waals surface area (Å²) < 4.78 is 0. The van der Waals surface area contributed by atoms with Crippen molar-refractivity contribution in [3.63, 3.8) is 0 Å². The number of fused-ring (bicyclic) bond motifs is 1. The highest BCUT2D eigenvalue weighted by molar-refractivity contribution is 5.56. The van der Waals surface area contributed by atoms with E-state index in [1.807, 2.05) is 0 Å². The zero-order valence-corrected chi connectivity index (χ0v) is 8.95. The summed E-state index contributed by atoms with van der Waals surface area (Å²) in [7, 11) is 0. The van der Waals surface area contributed by atoms with E-state index in [0.29, 0.717) is 0 Å². The van der Waals surface area contributed by atoms with E-state index in [1.165, 1.54) is 17.7 Å². The largest absolute Gasteiger partial charge is 0.314 e. The molecule has 1 N–H and O–H groups in total. The number of piperazine rings is 1. The maximum Gasteiger partial charge on any atom is 0.0554 e.